The lowest BCUT2D eigenvalue weighted by atomic mass is 10.4. The van der Waals surface area contributed by atoms with Crippen molar-refractivity contribution in [3.8, 4) is 0 Å². The molecule has 0 aliphatic heterocycles. The molecule has 12 heavy (non-hydrogen) atoms. The highest BCUT2D eigenvalue weighted by molar-refractivity contribution is 9.10. The van der Waals surface area contributed by atoms with Crippen molar-refractivity contribution < 1.29 is 8.42 Å². The Balaban J connectivity index is 2.61. The monoisotopic (exact) mass is 288 g/mol. The quantitative estimate of drug-likeness (QED) is 0.802. The highest BCUT2D eigenvalue weighted by Crippen LogP contribution is 2.23. The van der Waals surface area contributed by atoms with Gasteiger partial charge in [-0.05, 0) is 33.8 Å². The summed E-state index contributed by atoms with van der Waals surface area (Å²) < 4.78 is 22.1. The average molecular weight is 290 g/mol. The van der Waals surface area contributed by atoms with E-state index in [1.54, 1.807) is 0 Å². The van der Waals surface area contributed by atoms with E-state index < -0.39 is 9.05 Å². The van der Waals surface area contributed by atoms with Crippen LogP contribution >= 0.6 is 37.9 Å². The molecule has 0 spiro atoms. The first kappa shape index (κ1) is 10.5. The molecule has 1 heterocycles. The van der Waals surface area contributed by atoms with Crippen molar-refractivity contribution in [2.24, 2.45) is 0 Å². The maximum atomic E-state index is 10.6. The summed E-state index contributed by atoms with van der Waals surface area (Å²) in [6.45, 7) is 0. The fraction of sp³-hybridized carbons (Fsp3) is 0.333. The molecule has 0 aliphatic rings. The van der Waals surface area contributed by atoms with Crippen molar-refractivity contribution in [1.82, 2.24) is 0 Å². The van der Waals surface area contributed by atoms with E-state index in [9.17, 15) is 8.42 Å². The van der Waals surface area contributed by atoms with Gasteiger partial charge in [0.1, 0.15) is 0 Å². The molecule has 68 valence electrons. The SMILES string of the molecule is O=S(=O)(Cl)CCc1sccc1Br. The van der Waals surface area contributed by atoms with E-state index in [0.717, 1.165) is 9.35 Å². The fourth-order valence-corrected chi connectivity index (χ4v) is 3.08. The number of hydrogen-bond acceptors (Lipinski definition) is 3. The summed E-state index contributed by atoms with van der Waals surface area (Å²) in [5.41, 5.74) is 0. The lowest BCUT2D eigenvalue weighted by Gasteiger charge is -1.94. The van der Waals surface area contributed by atoms with Crippen molar-refractivity contribution in [3.63, 3.8) is 0 Å². The minimum absolute atomic E-state index is 0.00628. The minimum Gasteiger partial charge on any atom is -0.212 e. The molecule has 0 unspecified atom stereocenters. The zero-order valence-electron chi connectivity index (χ0n) is 5.96. The number of thiophene rings is 1. The molecule has 2 nitrogen and oxygen atoms in total. The smallest absolute Gasteiger partial charge is 0.212 e. The Morgan fingerprint density at radius 2 is 2.25 bits per heavy atom. The van der Waals surface area contributed by atoms with Crippen LogP contribution in [0.15, 0.2) is 15.9 Å². The molecule has 0 N–H and O–H groups in total. The van der Waals surface area contributed by atoms with E-state index in [-0.39, 0.29) is 5.75 Å². The van der Waals surface area contributed by atoms with Crippen molar-refractivity contribution in [2.45, 2.75) is 6.42 Å². The van der Waals surface area contributed by atoms with Gasteiger partial charge >= 0.3 is 0 Å². The fourth-order valence-electron chi connectivity index (χ4n) is 0.718. The molecule has 0 atom stereocenters. The maximum absolute atomic E-state index is 10.6. The van der Waals surface area contributed by atoms with Crippen LogP contribution in [0.4, 0.5) is 0 Å². The summed E-state index contributed by atoms with van der Waals surface area (Å²) in [6.07, 6.45) is 0.476. The normalized spacial score (nSPS) is 11.8. The molecular formula is C6H6BrClO2S2. The molecule has 0 aromatic carbocycles. The van der Waals surface area contributed by atoms with Crippen LogP contribution in [0.25, 0.3) is 0 Å². The van der Waals surface area contributed by atoms with Crippen LogP contribution in [-0.2, 0) is 15.5 Å². The number of halogens is 2. The molecule has 0 saturated carbocycles. The molecule has 0 aliphatic carbocycles. The van der Waals surface area contributed by atoms with Gasteiger partial charge in [-0.15, -0.1) is 11.3 Å². The van der Waals surface area contributed by atoms with E-state index in [1.165, 1.54) is 11.3 Å². The Morgan fingerprint density at radius 1 is 1.58 bits per heavy atom. The third kappa shape index (κ3) is 3.43. The largest absolute Gasteiger partial charge is 0.232 e. The molecule has 6 heteroatoms. The van der Waals surface area contributed by atoms with Crippen molar-refractivity contribution in [1.29, 1.82) is 0 Å². The Labute approximate surface area is 88.1 Å². The standard InChI is InChI=1S/C6H6BrClO2S2/c7-5-1-3-11-6(5)2-4-12(8,9)10/h1,3H,2,4H2. The van der Waals surface area contributed by atoms with E-state index in [2.05, 4.69) is 15.9 Å². The van der Waals surface area contributed by atoms with Crippen LogP contribution in [0.3, 0.4) is 0 Å². The summed E-state index contributed by atoms with van der Waals surface area (Å²) >= 11 is 4.83. The first-order chi connectivity index (χ1) is 5.49. The second-order valence-electron chi connectivity index (χ2n) is 2.18. The predicted octanol–water partition coefficient (Wildman–Crippen LogP) is 2.62. The van der Waals surface area contributed by atoms with Gasteiger partial charge in [0.05, 0.1) is 5.75 Å². The topological polar surface area (TPSA) is 34.1 Å². The summed E-state index contributed by atoms with van der Waals surface area (Å²) in [7, 11) is 1.71. The summed E-state index contributed by atoms with van der Waals surface area (Å²) in [5, 5.41) is 1.90. The number of rotatable bonds is 3. The molecule has 0 amide bonds. The minimum atomic E-state index is -3.36. The molecule has 0 radical (unpaired) electrons. The van der Waals surface area contributed by atoms with Crippen molar-refractivity contribution in [2.75, 3.05) is 5.75 Å². The third-order valence-electron chi connectivity index (χ3n) is 1.26. The first-order valence-corrected chi connectivity index (χ1v) is 7.28. The molecule has 0 bridgehead atoms. The van der Waals surface area contributed by atoms with Crippen molar-refractivity contribution in [3.05, 3.63) is 20.8 Å². The third-order valence-corrected chi connectivity index (χ3v) is 4.40. The van der Waals surface area contributed by atoms with Crippen LogP contribution in [0, 0.1) is 0 Å². The molecular weight excluding hydrogens is 284 g/mol. The zero-order valence-corrected chi connectivity index (χ0v) is 9.93. The highest BCUT2D eigenvalue weighted by atomic mass is 79.9. The summed E-state index contributed by atoms with van der Waals surface area (Å²) in [5.74, 6) is -0.00628. The summed E-state index contributed by atoms with van der Waals surface area (Å²) in [4.78, 5) is 1.01. The Bertz CT molecular complexity index is 357. The predicted molar refractivity (Wildman–Crippen MR) is 55.4 cm³/mol. The van der Waals surface area contributed by atoms with Gasteiger partial charge in [-0.1, -0.05) is 0 Å². The Kier molecular flexibility index (Phi) is 3.58. The van der Waals surface area contributed by atoms with E-state index in [0.29, 0.717) is 6.42 Å². The number of hydrogen-bond donors (Lipinski definition) is 0. The zero-order chi connectivity index (χ0) is 9.19. The van der Waals surface area contributed by atoms with Gasteiger partial charge in [0.25, 0.3) is 0 Å². The van der Waals surface area contributed by atoms with Crippen molar-refractivity contribution >= 4 is 47.0 Å². The molecule has 1 aromatic heterocycles. The van der Waals surface area contributed by atoms with E-state index in [1.807, 2.05) is 11.4 Å². The average Bonchev–Trinajstić information content (AvgIpc) is 2.29. The second-order valence-corrected chi connectivity index (χ2v) is 6.94. The van der Waals surface area contributed by atoms with Crippen LogP contribution < -0.4 is 0 Å². The van der Waals surface area contributed by atoms with Gasteiger partial charge in [0.2, 0.25) is 9.05 Å². The Hall–Kier alpha value is 0.420. The second kappa shape index (κ2) is 4.09. The lowest BCUT2D eigenvalue weighted by Crippen LogP contribution is -1.99. The molecule has 0 fully saturated rings. The molecule has 0 saturated heterocycles. The van der Waals surface area contributed by atoms with Gasteiger partial charge in [-0.3, -0.25) is 0 Å². The molecule has 1 aromatic rings. The van der Waals surface area contributed by atoms with Gasteiger partial charge < -0.3 is 0 Å². The van der Waals surface area contributed by atoms with E-state index in [4.69, 9.17) is 10.7 Å². The molecule has 1 rings (SSSR count). The van der Waals surface area contributed by atoms with Crippen LogP contribution in [-0.4, -0.2) is 14.2 Å². The lowest BCUT2D eigenvalue weighted by molar-refractivity contribution is 0.609. The van der Waals surface area contributed by atoms with E-state index >= 15 is 0 Å². The Morgan fingerprint density at radius 3 is 2.67 bits per heavy atom. The van der Waals surface area contributed by atoms with Gasteiger partial charge in [-0.25, -0.2) is 8.42 Å². The number of aryl methyl sites for hydroxylation is 1. The van der Waals surface area contributed by atoms with Crippen LogP contribution in [0.2, 0.25) is 0 Å². The van der Waals surface area contributed by atoms with Gasteiger partial charge in [-0.2, -0.15) is 0 Å². The summed E-state index contributed by atoms with van der Waals surface area (Å²) in [6, 6.07) is 1.89. The maximum Gasteiger partial charge on any atom is 0.232 e. The van der Waals surface area contributed by atoms with Gasteiger partial charge in [0.15, 0.2) is 0 Å². The first-order valence-electron chi connectivity index (χ1n) is 3.13. The van der Waals surface area contributed by atoms with Crippen LogP contribution in [0.5, 0.6) is 0 Å². The van der Waals surface area contributed by atoms with Crippen LogP contribution in [0.1, 0.15) is 4.88 Å². The highest BCUT2D eigenvalue weighted by Gasteiger charge is 2.08. The van der Waals surface area contributed by atoms with Gasteiger partial charge in [0, 0.05) is 20.0 Å².